The molecule has 1 aromatic carbocycles. The third-order valence-electron chi connectivity index (χ3n) is 3.58. The summed E-state index contributed by atoms with van der Waals surface area (Å²) in [4.78, 5) is 8.34. The SMILES string of the molecule is COc1ccc(C(O)c2ccc(-n3ccnc3)nc2)cc1OC. The first-order chi connectivity index (χ1) is 11.2. The Morgan fingerprint density at radius 2 is 1.83 bits per heavy atom. The lowest BCUT2D eigenvalue weighted by molar-refractivity contribution is 0.219. The third-order valence-corrected chi connectivity index (χ3v) is 3.58. The van der Waals surface area contributed by atoms with Crippen LogP contribution in [0, 0.1) is 0 Å². The van der Waals surface area contributed by atoms with Crippen LogP contribution in [0.5, 0.6) is 11.5 Å². The van der Waals surface area contributed by atoms with Crippen LogP contribution in [-0.2, 0) is 0 Å². The Morgan fingerprint density at radius 3 is 2.43 bits per heavy atom. The smallest absolute Gasteiger partial charge is 0.161 e. The van der Waals surface area contributed by atoms with E-state index in [-0.39, 0.29) is 0 Å². The highest BCUT2D eigenvalue weighted by molar-refractivity contribution is 5.45. The Kier molecular flexibility index (Phi) is 4.25. The minimum absolute atomic E-state index is 0.576. The van der Waals surface area contributed by atoms with E-state index in [1.165, 1.54) is 0 Å². The summed E-state index contributed by atoms with van der Waals surface area (Å²) in [5.41, 5.74) is 1.40. The van der Waals surface area contributed by atoms with Crippen LogP contribution >= 0.6 is 0 Å². The number of aliphatic hydroxyl groups is 1. The highest BCUT2D eigenvalue weighted by Crippen LogP contribution is 2.32. The molecule has 2 heterocycles. The van der Waals surface area contributed by atoms with Gasteiger partial charge in [-0.3, -0.25) is 4.57 Å². The van der Waals surface area contributed by atoms with Gasteiger partial charge in [0.1, 0.15) is 18.2 Å². The summed E-state index contributed by atoms with van der Waals surface area (Å²) in [5.74, 6) is 1.94. The van der Waals surface area contributed by atoms with E-state index in [9.17, 15) is 5.11 Å². The molecular weight excluding hydrogens is 294 g/mol. The Bertz CT molecular complexity index is 770. The van der Waals surface area contributed by atoms with Crippen LogP contribution in [0.25, 0.3) is 5.82 Å². The lowest BCUT2D eigenvalue weighted by Gasteiger charge is -2.14. The highest BCUT2D eigenvalue weighted by Gasteiger charge is 2.14. The zero-order valence-corrected chi connectivity index (χ0v) is 12.9. The van der Waals surface area contributed by atoms with Crippen molar-refractivity contribution in [2.24, 2.45) is 0 Å². The van der Waals surface area contributed by atoms with E-state index in [1.807, 2.05) is 18.3 Å². The highest BCUT2D eigenvalue weighted by atomic mass is 16.5. The lowest BCUT2D eigenvalue weighted by Crippen LogP contribution is -2.03. The molecule has 0 saturated heterocycles. The average molecular weight is 311 g/mol. The standard InChI is InChI=1S/C17H17N3O3/c1-22-14-5-3-12(9-15(14)23-2)17(21)13-4-6-16(19-10-13)20-8-7-18-11-20/h3-11,17,21H,1-2H3. The fraction of sp³-hybridized carbons (Fsp3) is 0.176. The molecule has 0 aliphatic carbocycles. The van der Waals surface area contributed by atoms with E-state index in [0.29, 0.717) is 22.6 Å². The number of methoxy groups -OCH3 is 2. The molecule has 23 heavy (non-hydrogen) atoms. The number of ether oxygens (including phenoxy) is 2. The van der Waals surface area contributed by atoms with Crippen LogP contribution in [0.15, 0.2) is 55.2 Å². The van der Waals surface area contributed by atoms with Crippen molar-refractivity contribution in [3.8, 4) is 17.3 Å². The first kappa shape index (κ1) is 15.1. The van der Waals surface area contributed by atoms with E-state index in [1.54, 1.807) is 55.7 Å². The summed E-state index contributed by atoms with van der Waals surface area (Å²) >= 11 is 0. The molecule has 118 valence electrons. The predicted molar refractivity (Wildman–Crippen MR) is 85.0 cm³/mol. The number of hydrogen-bond donors (Lipinski definition) is 1. The Morgan fingerprint density at radius 1 is 1.04 bits per heavy atom. The zero-order chi connectivity index (χ0) is 16.2. The van der Waals surface area contributed by atoms with Crippen LogP contribution in [-0.4, -0.2) is 33.9 Å². The normalized spacial score (nSPS) is 12.0. The van der Waals surface area contributed by atoms with Gasteiger partial charge >= 0.3 is 0 Å². The number of nitrogens with zero attached hydrogens (tertiary/aromatic N) is 3. The molecule has 3 aromatic rings. The van der Waals surface area contributed by atoms with E-state index in [0.717, 1.165) is 5.82 Å². The number of hydrogen-bond acceptors (Lipinski definition) is 5. The number of rotatable bonds is 5. The van der Waals surface area contributed by atoms with Gasteiger partial charge in [-0.25, -0.2) is 9.97 Å². The summed E-state index contributed by atoms with van der Waals surface area (Å²) in [6.07, 6.45) is 6.03. The third kappa shape index (κ3) is 3.02. The first-order valence-corrected chi connectivity index (χ1v) is 7.07. The molecule has 0 spiro atoms. The lowest BCUT2D eigenvalue weighted by atomic mass is 10.0. The molecule has 0 radical (unpaired) electrons. The molecular formula is C17H17N3O3. The molecule has 0 aliphatic heterocycles. The Balaban J connectivity index is 1.86. The summed E-state index contributed by atoms with van der Waals surface area (Å²) in [6.45, 7) is 0. The molecule has 1 unspecified atom stereocenters. The second-order valence-corrected chi connectivity index (χ2v) is 4.94. The summed E-state index contributed by atoms with van der Waals surface area (Å²) in [5, 5.41) is 10.5. The van der Waals surface area contributed by atoms with Crippen LogP contribution < -0.4 is 9.47 Å². The van der Waals surface area contributed by atoms with Gasteiger partial charge in [-0.1, -0.05) is 12.1 Å². The number of imidazole rings is 1. The van der Waals surface area contributed by atoms with Crippen molar-refractivity contribution < 1.29 is 14.6 Å². The van der Waals surface area contributed by atoms with E-state index in [2.05, 4.69) is 9.97 Å². The van der Waals surface area contributed by atoms with Gasteiger partial charge in [-0.15, -0.1) is 0 Å². The monoisotopic (exact) mass is 311 g/mol. The van der Waals surface area contributed by atoms with Crippen LogP contribution in [0.1, 0.15) is 17.2 Å². The largest absolute Gasteiger partial charge is 0.493 e. The number of aliphatic hydroxyl groups excluding tert-OH is 1. The van der Waals surface area contributed by atoms with Crippen molar-refractivity contribution >= 4 is 0 Å². The molecule has 1 N–H and O–H groups in total. The molecule has 0 amide bonds. The summed E-state index contributed by atoms with van der Waals surface area (Å²) in [7, 11) is 3.14. The second kappa shape index (κ2) is 6.50. The second-order valence-electron chi connectivity index (χ2n) is 4.94. The minimum Gasteiger partial charge on any atom is -0.493 e. The van der Waals surface area contributed by atoms with E-state index >= 15 is 0 Å². The molecule has 1 atom stereocenters. The van der Waals surface area contributed by atoms with Gasteiger partial charge in [-0.2, -0.15) is 0 Å². The Labute approximate surface area is 134 Å². The molecule has 0 aliphatic rings. The quantitative estimate of drug-likeness (QED) is 0.783. The van der Waals surface area contributed by atoms with Gasteiger partial charge in [0.25, 0.3) is 0 Å². The molecule has 6 heteroatoms. The van der Waals surface area contributed by atoms with Gasteiger partial charge in [0.05, 0.1) is 14.2 Å². The predicted octanol–water partition coefficient (Wildman–Crippen LogP) is 2.37. The topological polar surface area (TPSA) is 69.4 Å². The minimum atomic E-state index is -0.792. The molecule has 0 fully saturated rings. The van der Waals surface area contributed by atoms with Gasteiger partial charge in [0.15, 0.2) is 11.5 Å². The molecule has 3 rings (SSSR count). The van der Waals surface area contributed by atoms with Gasteiger partial charge in [-0.05, 0) is 23.8 Å². The van der Waals surface area contributed by atoms with Crippen molar-refractivity contribution in [2.75, 3.05) is 14.2 Å². The zero-order valence-electron chi connectivity index (χ0n) is 12.9. The van der Waals surface area contributed by atoms with Gasteiger partial charge in [0, 0.05) is 24.2 Å². The van der Waals surface area contributed by atoms with Crippen molar-refractivity contribution in [1.82, 2.24) is 14.5 Å². The number of aromatic nitrogens is 3. The Hall–Kier alpha value is -2.86. The summed E-state index contributed by atoms with van der Waals surface area (Å²) in [6, 6.07) is 9.00. The van der Waals surface area contributed by atoms with Crippen molar-refractivity contribution in [1.29, 1.82) is 0 Å². The summed E-state index contributed by atoms with van der Waals surface area (Å²) < 4.78 is 12.3. The average Bonchev–Trinajstić information content (AvgIpc) is 3.15. The van der Waals surface area contributed by atoms with Crippen molar-refractivity contribution in [3.05, 3.63) is 66.4 Å². The molecule has 6 nitrogen and oxygen atoms in total. The fourth-order valence-electron chi connectivity index (χ4n) is 2.32. The molecule has 2 aromatic heterocycles. The number of benzene rings is 1. The fourth-order valence-corrected chi connectivity index (χ4v) is 2.32. The van der Waals surface area contributed by atoms with Crippen LogP contribution in [0.3, 0.4) is 0 Å². The maximum atomic E-state index is 10.5. The number of pyridine rings is 1. The van der Waals surface area contributed by atoms with Crippen molar-refractivity contribution in [3.63, 3.8) is 0 Å². The van der Waals surface area contributed by atoms with Crippen molar-refractivity contribution in [2.45, 2.75) is 6.10 Å². The molecule has 0 bridgehead atoms. The van der Waals surface area contributed by atoms with E-state index < -0.39 is 6.10 Å². The maximum absolute atomic E-state index is 10.5. The van der Waals surface area contributed by atoms with Crippen LogP contribution in [0.2, 0.25) is 0 Å². The maximum Gasteiger partial charge on any atom is 0.161 e. The molecule has 0 saturated carbocycles. The first-order valence-electron chi connectivity index (χ1n) is 7.07. The van der Waals surface area contributed by atoms with E-state index in [4.69, 9.17) is 9.47 Å². The van der Waals surface area contributed by atoms with Gasteiger partial charge in [0.2, 0.25) is 0 Å². The van der Waals surface area contributed by atoms with Gasteiger partial charge < -0.3 is 14.6 Å². The van der Waals surface area contributed by atoms with Crippen LogP contribution in [0.4, 0.5) is 0 Å².